The molecule has 2 aromatic rings. The van der Waals surface area contributed by atoms with Crippen molar-refractivity contribution in [3.05, 3.63) is 59.7 Å². The Bertz CT molecular complexity index is 737. The lowest BCUT2D eigenvalue weighted by Crippen LogP contribution is -2.33. The number of benzene rings is 2. The molecule has 1 amide bonds. The van der Waals surface area contributed by atoms with Gasteiger partial charge in [0, 0.05) is 6.42 Å². The molecular weight excluding hydrogens is 278 g/mol. The maximum atomic E-state index is 10.6. The summed E-state index contributed by atoms with van der Waals surface area (Å²) in [4.78, 5) is 10.6. The van der Waals surface area contributed by atoms with Gasteiger partial charge >= 0.3 is 6.09 Å². The van der Waals surface area contributed by atoms with Crippen LogP contribution in [-0.2, 0) is 6.42 Å². The Kier molecular flexibility index (Phi) is 4.74. The Morgan fingerprint density at radius 2 is 1.59 bits per heavy atom. The van der Waals surface area contributed by atoms with Crippen molar-refractivity contribution < 1.29 is 9.90 Å². The Hall–Kier alpha value is -3.31. The van der Waals surface area contributed by atoms with Crippen LogP contribution in [0.5, 0.6) is 0 Å². The zero-order chi connectivity index (χ0) is 15.9. The van der Waals surface area contributed by atoms with Gasteiger partial charge in [0.2, 0.25) is 0 Å². The summed E-state index contributed by atoms with van der Waals surface area (Å²) in [6, 6.07) is 18.0. The Morgan fingerprint density at radius 3 is 2.05 bits per heavy atom. The molecule has 5 heteroatoms. The molecule has 0 aliphatic carbocycles. The fraction of sp³-hybridized carbons (Fsp3) is 0.118. The third-order valence-corrected chi connectivity index (χ3v) is 3.19. The third kappa shape index (κ3) is 3.84. The van der Waals surface area contributed by atoms with Gasteiger partial charge in [-0.1, -0.05) is 36.4 Å². The molecule has 0 unspecified atom stereocenters. The van der Waals surface area contributed by atoms with Crippen molar-refractivity contribution in [3.8, 4) is 23.3 Å². The average Bonchev–Trinajstić information content (AvgIpc) is 2.54. The molecule has 0 radical (unpaired) electrons. The summed E-state index contributed by atoms with van der Waals surface area (Å²) in [5.41, 5.74) is 3.47. The Labute approximate surface area is 128 Å². The first kappa shape index (κ1) is 15.1. The number of nitriles is 2. The first-order valence-corrected chi connectivity index (χ1v) is 6.61. The number of rotatable bonds is 4. The zero-order valence-corrected chi connectivity index (χ0v) is 11.7. The van der Waals surface area contributed by atoms with Gasteiger partial charge in [-0.25, -0.2) is 4.79 Å². The number of hydrogen-bond donors (Lipinski definition) is 2. The molecule has 0 aliphatic rings. The summed E-state index contributed by atoms with van der Waals surface area (Å²) in [6.07, 6.45) is -0.892. The summed E-state index contributed by atoms with van der Waals surface area (Å²) in [6.45, 7) is 0. The average molecular weight is 291 g/mol. The lowest BCUT2D eigenvalue weighted by atomic mass is 10.0. The van der Waals surface area contributed by atoms with Crippen molar-refractivity contribution in [3.63, 3.8) is 0 Å². The minimum atomic E-state index is -1.21. The maximum absolute atomic E-state index is 10.6. The molecular formula is C17H13N3O2. The summed E-state index contributed by atoms with van der Waals surface area (Å²) in [5, 5.41) is 28.5. The number of amides is 1. The summed E-state index contributed by atoms with van der Waals surface area (Å²) < 4.78 is 0. The van der Waals surface area contributed by atoms with E-state index in [2.05, 4.69) is 11.4 Å². The molecule has 2 rings (SSSR count). The highest BCUT2D eigenvalue weighted by Gasteiger charge is 2.11. The van der Waals surface area contributed by atoms with Crippen LogP contribution in [0.4, 0.5) is 4.79 Å². The smallest absolute Gasteiger partial charge is 0.405 e. The van der Waals surface area contributed by atoms with Gasteiger partial charge < -0.3 is 10.4 Å². The van der Waals surface area contributed by atoms with Gasteiger partial charge in [0.05, 0.1) is 17.7 Å². The van der Waals surface area contributed by atoms with E-state index in [-0.39, 0.29) is 0 Å². The zero-order valence-electron chi connectivity index (χ0n) is 11.7. The van der Waals surface area contributed by atoms with Crippen LogP contribution in [0.1, 0.15) is 11.1 Å². The van der Waals surface area contributed by atoms with Crippen LogP contribution in [0.15, 0.2) is 48.5 Å². The topological polar surface area (TPSA) is 96.9 Å². The predicted octanol–water partition coefficient (Wildman–Crippen LogP) is 2.93. The van der Waals surface area contributed by atoms with Gasteiger partial charge in [0.15, 0.2) is 0 Å². The first-order chi connectivity index (χ1) is 10.6. The van der Waals surface area contributed by atoms with Gasteiger partial charge in [0.25, 0.3) is 0 Å². The normalized spacial score (nSPS) is 11.0. The second-order valence-corrected chi connectivity index (χ2v) is 4.72. The molecule has 2 N–H and O–H groups in total. The molecule has 0 spiro atoms. The van der Waals surface area contributed by atoms with Crippen LogP contribution < -0.4 is 5.32 Å². The van der Waals surface area contributed by atoms with Gasteiger partial charge in [0.1, 0.15) is 6.04 Å². The molecule has 2 aromatic carbocycles. The van der Waals surface area contributed by atoms with E-state index >= 15 is 0 Å². The monoisotopic (exact) mass is 291 g/mol. The number of carboxylic acid groups (broad SMARTS) is 1. The van der Waals surface area contributed by atoms with E-state index in [4.69, 9.17) is 15.6 Å². The molecule has 22 heavy (non-hydrogen) atoms. The molecule has 0 heterocycles. The second-order valence-electron chi connectivity index (χ2n) is 4.72. The number of carbonyl (C=O) groups is 1. The van der Waals surface area contributed by atoms with Crippen molar-refractivity contribution in [2.45, 2.75) is 12.5 Å². The standard InChI is InChI=1S/C17H13N3O2/c18-10-13-3-7-15(8-4-13)14-5-1-12(2-6-14)9-16(11-19)20-17(21)22/h1-8,16,20H,9H2,(H,21,22)/t16-/m0/s1. The molecule has 0 saturated heterocycles. The van der Waals surface area contributed by atoms with Crippen molar-refractivity contribution >= 4 is 6.09 Å². The lowest BCUT2D eigenvalue weighted by molar-refractivity contribution is 0.192. The van der Waals surface area contributed by atoms with Gasteiger partial charge in [-0.2, -0.15) is 10.5 Å². The van der Waals surface area contributed by atoms with E-state index in [1.54, 1.807) is 12.1 Å². The third-order valence-electron chi connectivity index (χ3n) is 3.19. The van der Waals surface area contributed by atoms with E-state index < -0.39 is 12.1 Å². The van der Waals surface area contributed by atoms with Crippen LogP contribution >= 0.6 is 0 Å². The fourth-order valence-corrected chi connectivity index (χ4v) is 2.08. The van der Waals surface area contributed by atoms with E-state index in [1.165, 1.54) is 0 Å². The Balaban J connectivity index is 2.11. The number of nitrogens with zero attached hydrogens (tertiary/aromatic N) is 2. The quantitative estimate of drug-likeness (QED) is 0.905. The molecule has 0 aliphatic heterocycles. The van der Waals surface area contributed by atoms with Crippen molar-refractivity contribution in [2.24, 2.45) is 0 Å². The van der Waals surface area contributed by atoms with Crippen molar-refractivity contribution in [1.82, 2.24) is 5.32 Å². The highest BCUT2D eigenvalue weighted by atomic mass is 16.4. The molecule has 1 atom stereocenters. The molecule has 0 fully saturated rings. The summed E-state index contributed by atoms with van der Waals surface area (Å²) in [7, 11) is 0. The fourth-order valence-electron chi connectivity index (χ4n) is 2.08. The van der Waals surface area contributed by atoms with Crippen LogP contribution in [-0.4, -0.2) is 17.2 Å². The van der Waals surface area contributed by atoms with Gasteiger partial charge in [-0.15, -0.1) is 0 Å². The van der Waals surface area contributed by atoms with Crippen LogP contribution in [0.2, 0.25) is 0 Å². The van der Waals surface area contributed by atoms with E-state index in [0.29, 0.717) is 12.0 Å². The van der Waals surface area contributed by atoms with E-state index in [9.17, 15) is 4.79 Å². The van der Waals surface area contributed by atoms with Crippen molar-refractivity contribution in [1.29, 1.82) is 10.5 Å². The van der Waals surface area contributed by atoms with E-state index in [0.717, 1.165) is 16.7 Å². The predicted molar refractivity (Wildman–Crippen MR) is 80.9 cm³/mol. The summed E-state index contributed by atoms with van der Waals surface area (Å²) in [5.74, 6) is 0. The highest BCUT2D eigenvalue weighted by Crippen LogP contribution is 2.20. The Morgan fingerprint density at radius 1 is 1.05 bits per heavy atom. The largest absolute Gasteiger partial charge is 0.465 e. The van der Waals surface area contributed by atoms with Gasteiger partial charge in [-0.05, 0) is 28.8 Å². The second kappa shape index (κ2) is 6.92. The lowest BCUT2D eigenvalue weighted by Gasteiger charge is -2.09. The minimum Gasteiger partial charge on any atom is -0.465 e. The first-order valence-electron chi connectivity index (χ1n) is 6.61. The van der Waals surface area contributed by atoms with Crippen LogP contribution in [0.3, 0.4) is 0 Å². The minimum absolute atomic E-state index is 0.316. The van der Waals surface area contributed by atoms with Crippen LogP contribution in [0, 0.1) is 22.7 Å². The van der Waals surface area contributed by atoms with E-state index in [1.807, 2.05) is 42.5 Å². The molecule has 108 valence electrons. The molecule has 5 nitrogen and oxygen atoms in total. The molecule has 0 aromatic heterocycles. The maximum Gasteiger partial charge on any atom is 0.405 e. The highest BCUT2D eigenvalue weighted by molar-refractivity contribution is 5.66. The van der Waals surface area contributed by atoms with Crippen molar-refractivity contribution in [2.75, 3.05) is 0 Å². The number of hydrogen-bond acceptors (Lipinski definition) is 3. The summed E-state index contributed by atoms with van der Waals surface area (Å²) >= 11 is 0. The SMILES string of the molecule is N#Cc1ccc(-c2ccc(C[C@@H](C#N)NC(=O)O)cc2)cc1. The van der Waals surface area contributed by atoms with Gasteiger partial charge in [-0.3, -0.25) is 0 Å². The molecule has 0 saturated carbocycles. The number of nitrogens with one attached hydrogen (secondary N) is 1. The van der Waals surface area contributed by atoms with Crippen LogP contribution in [0.25, 0.3) is 11.1 Å². The molecule has 0 bridgehead atoms.